The molecule has 0 amide bonds. The number of hydrogen-bond donors (Lipinski definition) is 0. The predicted octanol–water partition coefficient (Wildman–Crippen LogP) is 17.1. The molecule has 0 bridgehead atoms. The van der Waals surface area contributed by atoms with Crippen LogP contribution in [-0.4, -0.2) is 0 Å². The van der Waals surface area contributed by atoms with Gasteiger partial charge in [-0.1, -0.05) is 200 Å². The minimum Gasteiger partial charge on any atom is -0.456 e. The van der Waals surface area contributed by atoms with E-state index in [4.69, 9.17) is 4.42 Å². The quantitative estimate of drug-likeness (QED) is 0.145. The second kappa shape index (κ2) is 16.1. The van der Waals surface area contributed by atoms with Crippen molar-refractivity contribution in [3.05, 3.63) is 249 Å². The highest BCUT2D eigenvalue weighted by atomic mass is 16.3. The summed E-state index contributed by atoms with van der Waals surface area (Å²) >= 11 is 0. The molecule has 2 heteroatoms. The fraction of sp³-hybridized carbons (Fsp3) is 0. The summed E-state index contributed by atoms with van der Waals surface area (Å²) in [6.45, 7) is 0. The average molecular weight is 792 g/mol. The number of rotatable bonds is 9. The summed E-state index contributed by atoms with van der Waals surface area (Å²) in [5.41, 5.74) is 19.1. The van der Waals surface area contributed by atoms with Crippen LogP contribution in [0.3, 0.4) is 0 Å². The van der Waals surface area contributed by atoms with Gasteiger partial charge in [-0.3, -0.25) is 0 Å². The van der Waals surface area contributed by atoms with Crippen LogP contribution in [0.1, 0.15) is 0 Å². The molecule has 292 valence electrons. The molecule has 10 aromatic carbocycles. The molecule has 1 aromatic heterocycles. The number of fused-ring (bicyclic) bond motifs is 3. The van der Waals surface area contributed by atoms with Gasteiger partial charge in [-0.05, 0) is 110 Å². The van der Waals surface area contributed by atoms with E-state index in [1.807, 2.05) is 12.1 Å². The summed E-state index contributed by atoms with van der Waals surface area (Å²) in [6, 6.07) is 89.1. The molecule has 0 aliphatic carbocycles. The largest absolute Gasteiger partial charge is 0.456 e. The molecule has 0 saturated carbocycles. The molecule has 11 aromatic rings. The van der Waals surface area contributed by atoms with Gasteiger partial charge in [-0.15, -0.1) is 0 Å². The van der Waals surface area contributed by atoms with Crippen LogP contribution in [0.2, 0.25) is 0 Å². The van der Waals surface area contributed by atoms with Crippen LogP contribution in [0.25, 0.3) is 88.7 Å². The van der Waals surface area contributed by atoms with E-state index in [-0.39, 0.29) is 0 Å². The molecule has 62 heavy (non-hydrogen) atoms. The van der Waals surface area contributed by atoms with Crippen molar-refractivity contribution < 1.29 is 4.42 Å². The van der Waals surface area contributed by atoms with E-state index < -0.39 is 0 Å². The maximum atomic E-state index is 6.28. The van der Waals surface area contributed by atoms with Crippen molar-refractivity contribution in [2.75, 3.05) is 4.90 Å². The van der Waals surface area contributed by atoms with Crippen LogP contribution in [0.15, 0.2) is 253 Å². The summed E-state index contributed by atoms with van der Waals surface area (Å²) in [6.07, 6.45) is 0. The topological polar surface area (TPSA) is 16.4 Å². The van der Waals surface area contributed by atoms with E-state index in [0.717, 1.165) is 55.7 Å². The Kier molecular flexibility index (Phi) is 9.57. The molecule has 0 fully saturated rings. The lowest BCUT2D eigenvalue weighted by atomic mass is 9.88. The highest BCUT2D eigenvalue weighted by Gasteiger charge is 2.21. The number of nitrogens with zero attached hydrogens (tertiary/aromatic N) is 1. The van der Waals surface area contributed by atoms with Gasteiger partial charge in [-0.25, -0.2) is 0 Å². The summed E-state index contributed by atoms with van der Waals surface area (Å²) in [7, 11) is 0. The number of para-hydroxylation sites is 2. The molecule has 0 radical (unpaired) electrons. The van der Waals surface area contributed by atoms with Crippen molar-refractivity contribution in [2.24, 2.45) is 0 Å². The van der Waals surface area contributed by atoms with Crippen molar-refractivity contribution in [1.82, 2.24) is 0 Å². The van der Waals surface area contributed by atoms with Crippen LogP contribution in [0.4, 0.5) is 17.1 Å². The Balaban J connectivity index is 1.02. The van der Waals surface area contributed by atoms with Gasteiger partial charge in [-0.2, -0.15) is 0 Å². The molecule has 2 nitrogen and oxygen atoms in total. The van der Waals surface area contributed by atoms with E-state index in [1.165, 1.54) is 50.1 Å². The fourth-order valence-electron chi connectivity index (χ4n) is 8.86. The summed E-state index contributed by atoms with van der Waals surface area (Å²) in [4.78, 5) is 2.39. The fourth-order valence-corrected chi connectivity index (χ4v) is 8.86. The Morgan fingerprint density at radius 1 is 0.242 bits per heavy atom. The molecule has 0 atom stereocenters. The lowest BCUT2D eigenvalue weighted by molar-refractivity contribution is 0.669. The normalized spacial score (nSPS) is 11.2. The number of benzene rings is 10. The van der Waals surface area contributed by atoms with Crippen molar-refractivity contribution in [3.8, 4) is 66.8 Å². The van der Waals surface area contributed by atoms with Crippen molar-refractivity contribution in [1.29, 1.82) is 0 Å². The Labute approximate surface area is 362 Å². The minimum absolute atomic E-state index is 0.894. The van der Waals surface area contributed by atoms with Gasteiger partial charge in [0.1, 0.15) is 11.2 Å². The zero-order chi connectivity index (χ0) is 41.2. The van der Waals surface area contributed by atoms with Gasteiger partial charge in [0, 0.05) is 27.7 Å². The van der Waals surface area contributed by atoms with Gasteiger partial charge in [0.05, 0.1) is 5.69 Å². The average Bonchev–Trinajstić information content (AvgIpc) is 3.73. The molecular weight excluding hydrogens is 751 g/mol. The molecule has 0 unspecified atom stereocenters. The summed E-state index contributed by atoms with van der Waals surface area (Å²) < 4.78 is 6.28. The van der Waals surface area contributed by atoms with Gasteiger partial charge in [0.15, 0.2) is 0 Å². The SMILES string of the molecule is c1ccc(-c2ccc(-c3ccc(N(c4ccc(-c5ccc6c(c5)oc5ccccc56)cc4)c4ccccc4-c4ccccc4-c4ccccc4-c4ccccc4)cc3)cc2)cc1. The van der Waals surface area contributed by atoms with Crippen LogP contribution >= 0.6 is 0 Å². The Bertz CT molecular complexity index is 3310. The third-order valence-electron chi connectivity index (χ3n) is 12.0. The number of furan rings is 1. The van der Waals surface area contributed by atoms with Crippen LogP contribution in [-0.2, 0) is 0 Å². The second-order valence-electron chi connectivity index (χ2n) is 15.7. The van der Waals surface area contributed by atoms with E-state index in [1.54, 1.807) is 0 Å². The first-order valence-electron chi connectivity index (χ1n) is 21.2. The molecular formula is C60H41NO. The minimum atomic E-state index is 0.894. The van der Waals surface area contributed by atoms with E-state index >= 15 is 0 Å². The van der Waals surface area contributed by atoms with E-state index in [2.05, 4.69) is 241 Å². The Hall–Kier alpha value is -8.20. The third kappa shape index (κ3) is 6.94. The first-order valence-corrected chi connectivity index (χ1v) is 21.2. The monoisotopic (exact) mass is 791 g/mol. The Morgan fingerprint density at radius 3 is 1.24 bits per heavy atom. The van der Waals surface area contributed by atoms with Gasteiger partial charge >= 0.3 is 0 Å². The Morgan fingerprint density at radius 2 is 0.629 bits per heavy atom. The molecule has 0 spiro atoms. The van der Waals surface area contributed by atoms with Crippen molar-refractivity contribution >= 4 is 39.0 Å². The molecule has 0 aliphatic heterocycles. The number of hydrogen-bond acceptors (Lipinski definition) is 2. The summed E-state index contributed by atoms with van der Waals surface area (Å²) in [5, 5.41) is 2.27. The third-order valence-corrected chi connectivity index (χ3v) is 12.0. The van der Waals surface area contributed by atoms with Crippen LogP contribution < -0.4 is 4.90 Å². The lowest BCUT2D eigenvalue weighted by Gasteiger charge is -2.29. The highest BCUT2D eigenvalue weighted by molar-refractivity contribution is 6.06. The first kappa shape index (κ1) is 36.8. The lowest BCUT2D eigenvalue weighted by Crippen LogP contribution is -2.11. The molecule has 11 rings (SSSR count). The smallest absolute Gasteiger partial charge is 0.136 e. The van der Waals surface area contributed by atoms with Gasteiger partial charge in [0.2, 0.25) is 0 Å². The zero-order valence-electron chi connectivity index (χ0n) is 34.0. The van der Waals surface area contributed by atoms with Crippen molar-refractivity contribution in [3.63, 3.8) is 0 Å². The molecule has 0 aliphatic rings. The maximum absolute atomic E-state index is 6.28. The molecule has 1 heterocycles. The highest BCUT2D eigenvalue weighted by Crippen LogP contribution is 2.46. The van der Waals surface area contributed by atoms with Crippen LogP contribution in [0, 0.1) is 0 Å². The van der Waals surface area contributed by atoms with E-state index in [9.17, 15) is 0 Å². The van der Waals surface area contributed by atoms with Crippen molar-refractivity contribution in [2.45, 2.75) is 0 Å². The summed E-state index contributed by atoms with van der Waals surface area (Å²) in [5.74, 6) is 0. The predicted molar refractivity (Wildman–Crippen MR) is 261 cm³/mol. The second-order valence-corrected chi connectivity index (χ2v) is 15.7. The molecule has 0 N–H and O–H groups in total. The molecule has 0 saturated heterocycles. The maximum Gasteiger partial charge on any atom is 0.136 e. The number of anilines is 3. The first-order chi connectivity index (χ1) is 30.7. The zero-order valence-corrected chi connectivity index (χ0v) is 34.0. The standard InChI is InChI=1S/C60H41NO/c1-3-15-42(16-4-1)43-27-29-44(30-28-43)45-31-36-49(37-32-45)61(50-38-33-46(34-39-50)48-35-40-57-56-24-12-14-26-59(56)62-60(57)41-48)58-25-13-11-23-55(58)54-22-10-9-21-53(54)52-20-8-7-19-51(52)47-17-5-2-6-18-47/h1-41H. The van der Waals surface area contributed by atoms with Gasteiger partial charge in [0.25, 0.3) is 0 Å². The van der Waals surface area contributed by atoms with E-state index in [0.29, 0.717) is 0 Å². The van der Waals surface area contributed by atoms with Gasteiger partial charge < -0.3 is 9.32 Å². The van der Waals surface area contributed by atoms with Crippen LogP contribution in [0.5, 0.6) is 0 Å².